The number of hydrogen-bond donors (Lipinski definition) is 1. The minimum absolute atomic E-state index is 0.547. The van der Waals surface area contributed by atoms with Crippen LogP contribution in [-0.2, 0) is 6.42 Å². The zero-order valence-corrected chi connectivity index (χ0v) is 11.1. The first-order chi connectivity index (χ1) is 9.38. The normalized spacial score (nSPS) is 10.8. The number of thiophene rings is 1. The van der Waals surface area contributed by atoms with Gasteiger partial charge in [-0.3, -0.25) is 0 Å². The summed E-state index contributed by atoms with van der Waals surface area (Å²) in [6, 6.07) is 9.95. The molecule has 4 nitrogen and oxygen atoms in total. The van der Waals surface area contributed by atoms with Crippen LogP contribution < -0.4 is 5.73 Å². The molecule has 0 spiro atoms. The summed E-state index contributed by atoms with van der Waals surface area (Å²) < 4.78 is 5.36. The lowest BCUT2D eigenvalue weighted by atomic mass is 10.0. The summed E-state index contributed by atoms with van der Waals surface area (Å²) in [5, 5.41) is 8.02. The first-order valence-corrected chi connectivity index (χ1v) is 6.97. The molecule has 2 heterocycles. The SMILES string of the molecule is NCCc1ccccc1-c1nc(-c2ccsc2)no1. The van der Waals surface area contributed by atoms with Crippen molar-refractivity contribution in [3.05, 3.63) is 46.7 Å². The molecule has 0 amide bonds. The number of nitrogens with two attached hydrogens (primary N) is 1. The van der Waals surface area contributed by atoms with Crippen molar-refractivity contribution in [3.63, 3.8) is 0 Å². The van der Waals surface area contributed by atoms with E-state index in [0.717, 1.165) is 23.1 Å². The Labute approximate surface area is 114 Å². The highest BCUT2D eigenvalue weighted by molar-refractivity contribution is 7.08. The van der Waals surface area contributed by atoms with Gasteiger partial charge in [0.25, 0.3) is 5.89 Å². The van der Waals surface area contributed by atoms with Crippen LogP contribution in [0.4, 0.5) is 0 Å². The molecule has 0 saturated heterocycles. The second-order valence-electron chi connectivity index (χ2n) is 4.13. The van der Waals surface area contributed by atoms with Gasteiger partial charge in [0.05, 0.1) is 0 Å². The monoisotopic (exact) mass is 271 g/mol. The molecule has 0 unspecified atom stereocenters. The Morgan fingerprint density at radius 2 is 2.11 bits per heavy atom. The van der Waals surface area contributed by atoms with E-state index < -0.39 is 0 Å². The van der Waals surface area contributed by atoms with Gasteiger partial charge in [-0.2, -0.15) is 16.3 Å². The maximum Gasteiger partial charge on any atom is 0.258 e. The van der Waals surface area contributed by atoms with E-state index in [4.69, 9.17) is 10.3 Å². The number of nitrogens with zero attached hydrogens (tertiary/aromatic N) is 2. The van der Waals surface area contributed by atoms with Crippen molar-refractivity contribution in [2.24, 2.45) is 5.73 Å². The van der Waals surface area contributed by atoms with Crippen LogP contribution in [0.15, 0.2) is 45.6 Å². The Hall–Kier alpha value is -1.98. The standard InChI is InChI=1S/C14H13N3OS/c15-7-5-10-3-1-2-4-12(10)14-16-13(17-18-14)11-6-8-19-9-11/h1-4,6,8-9H,5,7,15H2. The van der Waals surface area contributed by atoms with E-state index in [-0.39, 0.29) is 0 Å². The molecule has 3 aromatic rings. The van der Waals surface area contributed by atoms with Crippen molar-refractivity contribution < 1.29 is 4.52 Å². The minimum atomic E-state index is 0.547. The fourth-order valence-corrected chi connectivity index (χ4v) is 2.58. The average molecular weight is 271 g/mol. The lowest BCUT2D eigenvalue weighted by Gasteiger charge is -2.03. The first-order valence-electron chi connectivity index (χ1n) is 6.03. The Morgan fingerprint density at radius 1 is 1.21 bits per heavy atom. The third-order valence-electron chi connectivity index (χ3n) is 2.87. The minimum Gasteiger partial charge on any atom is -0.334 e. The molecule has 2 N–H and O–H groups in total. The van der Waals surface area contributed by atoms with Crippen molar-refractivity contribution in [1.29, 1.82) is 0 Å². The molecule has 0 radical (unpaired) electrons. The lowest BCUT2D eigenvalue weighted by molar-refractivity contribution is 0.432. The first kappa shape index (κ1) is 12.1. The average Bonchev–Trinajstić information content (AvgIpc) is 3.11. The zero-order chi connectivity index (χ0) is 13.1. The van der Waals surface area contributed by atoms with Crippen molar-refractivity contribution in [3.8, 4) is 22.8 Å². The smallest absolute Gasteiger partial charge is 0.258 e. The highest BCUT2D eigenvalue weighted by Gasteiger charge is 2.13. The Balaban J connectivity index is 1.99. The predicted molar refractivity (Wildman–Crippen MR) is 75.8 cm³/mol. The van der Waals surface area contributed by atoms with E-state index in [0.29, 0.717) is 18.3 Å². The zero-order valence-electron chi connectivity index (χ0n) is 10.2. The van der Waals surface area contributed by atoms with E-state index in [2.05, 4.69) is 10.1 Å². The van der Waals surface area contributed by atoms with Crippen molar-refractivity contribution >= 4 is 11.3 Å². The fourth-order valence-electron chi connectivity index (χ4n) is 1.94. The summed E-state index contributed by atoms with van der Waals surface area (Å²) in [5.74, 6) is 1.17. The van der Waals surface area contributed by atoms with Crippen molar-refractivity contribution in [2.45, 2.75) is 6.42 Å². The Kier molecular flexibility index (Phi) is 3.39. The molecule has 0 aliphatic rings. The van der Waals surface area contributed by atoms with Crippen LogP contribution >= 0.6 is 11.3 Å². The molecule has 3 rings (SSSR count). The van der Waals surface area contributed by atoms with E-state index in [1.807, 2.05) is 41.1 Å². The van der Waals surface area contributed by atoms with E-state index in [1.165, 1.54) is 0 Å². The third kappa shape index (κ3) is 2.43. The number of rotatable bonds is 4. The highest BCUT2D eigenvalue weighted by atomic mass is 32.1. The second kappa shape index (κ2) is 5.34. The van der Waals surface area contributed by atoms with Gasteiger partial charge in [0.15, 0.2) is 0 Å². The lowest BCUT2D eigenvalue weighted by Crippen LogP contribution is -2.03. The van der Waals surface area contributed by atoms with Crippen LogP contribution in [0.5, 0.6) is 0 Å². The van der Waals surface area contributed by atoms with Crippen LogP contribution in [-0.4, -0.2) is 16.7 Å². The van der Waals surface area contributed by atoms with Crippen LogP contribution in [0.3, 0.4) is 0 Å². The van der Waals surface area contributed by atoms with Crippen LogP contribution in [0.2, 0.25) is 0 Å². The van der Waals surface area contributed by atoms with Gasteiger partial charge in [0.1, 0.15) is 0 Å². The maximum absolute atomic E-state index is 5.62. The molecule has 0 aliphatic carbocycles. The molecule has 19 heavy (non-hydrogen) atoms. The topological polar surface area (TPSA) is 64.9 Å². The van der Waals surface area contributed by atoms with Gasteiger partial charge in [0, 0.05) is 16.5 Å². The number of benzene rings is 1. The molecule has 96 valence electrons. The van der Waals surface area contributed by atoms with Crippen molar-refractivity contribution in [2.75, 3.05) is 6.54 Å². The molecule has 0 fully saturated rings. The highest BCUT2D eigenvalue weighted by Crippen LogP contribution is 2.26. The van der Waals surface area contributed by atoms with Gasteiger partial charge < -0.3 is 10.3 Å². The van der Waals surface area contributed by atoms with Gasteiger partial charge in [0.2, 0.25) is 5.82 Å². The largest absolute Gasteiger partial charge is 0.334 e. The Morgan fingerprint density at radius 3 is 2.89 bits per heavy atom. The molecule has 0 saturated carbocycles. The Bertz CT molecular complexity index is 661. The molecular weight excluding hydrogens is 258 g/mol. The van der Waals surface area contributed by atoms with Gasteiger partial charge >= 0.3 is 0 Å². The summed E-state index contributed by atoms with van der Waals surface area (Å²) in [6.07, 6.45) is 0.798. The van der Waals surface area contributed by atoms with E-state index in [9.17, 15) is 0 Å². The molecule has 1 aromatic carbocycles. The van der Waals surface area contributed by atoms with Crippen LogP contribution in [0.25, 0.3) is 22.8 Å². The van der Waals surface area contributed by atoms with Gasteiger partial charge in [-0.1, -0.05) is 23.4 Å². The number of hydrogen-bond acceptors (Lipinski definition) is 5. The molecule has 0 bridgehead atoms. The fraction of sp³-hybridized carbons (Fsp3) is 0.143. The molecule has 0 aliphatic heterocycles. The maximum atomic E-state index is 5.62. The number of aromatic nitrogens is 2. The summed E-state index contributed by atoms with van der Waals surface area (Å²) >= 11 is 1.61. The third-order valence-corrected chi connectivity index (χ3v) is 3.55. The molecular formula is C14H13N3OS. The summed E-state index contributed by atoms with van der Waals surface area (Å²) in [6.45, 7) is 0.600. The predicted octanol–water partition coefficient (Wildman–Crippen LogP) is 2.97. The summed E-state index contributed by atoms with van der Waals surface area (Å²) in [4.78, 5) is 4.45. The van der Waals surface area contributed by atoms with Crippen molar-refractivity contribution in [1.82, 2.24) is 10.1 Å². The van der Waals surface area contributed by atoms with Gasteiger partial charge in [-0.05, 0) is 36.0 Å². The van der Waals surface area contributed by atoms with E-state index >= 15 is 0 Å². The second-order valence-corrected chi connectivity index (χ2v) is 4.91. The molecule has 2 aromatic heterocycles. The van der Waals surface area contributed by atoms with E-state index in [1.54, 1.807) is 11.3 Å². The summed E-state index contributed by atoms with van der Waals surface area (Å²) in [7, 11) is 0. The van der Waals surface area contributed by atoms with Crippen LogP contribution in [0, 0.1) is 0 Å². The quantitative estimate of drug-likeness (QED) is 0.792. The van der Waals surface area contributed by atoms with Gasteiger partial charge in [-0.15, -0.1) is 0 Å². The molecule has 5 heteroatoms. The van der Waals surface area contributed by atoms with Crippen LogP contribution in [0.1, 0.15) is 5.56 Å². The summed E-state index contributed by atoms with van der Waals surface area (Å²) in [5.41, 5.74) is 8.70. The molecule has 0 atom stereocenters. The van der Waals surface area contributed by atoms with Gasteiger partial charge in [-0.25, -0.2) is 0 Å².